The van der Waals surface area contributed by atoms with E-state index in [1.54, 1.807) is 11.8 Å². The van der Waals surface area contributed by atoms with E-state index in [-0.39, 0.29) is 17.9 Å². The summed E-state index contributed by atoms with van der Waals surface area (Å²) in [5, 5.41) is 2.99. The molecule has 0 saturated carbocycles. The molecule has 4 rings (SSSR count). The van der Waals surface area contributed by atoms with E-state index in [2.05, 4.69) is 5.32 Å². The molecule has 2 saturated heterocycles. The van der Waals surface area contributed by atoms with E-state index < -0.39 is 0 Å². The summed E-state index contributed by atoms with van der Waals surface area (Å²) >= 11 is 3.57. The van der Waals surface area contributed by atoms with Crippen LogP contribution in [0.15, 0.2) is 53.4 Å². The summed E-state index contributed by atoms with van der Waals surface area (Å²) in [4.78, 5) is 28.2. The third-order valence-corrected chi connectivity index (χ3v) is 7.66. The van der Waals surface area contributed by atoms with Gasteiger partial charge in [0.1, 0.15) is 0 Å². The van der Waals surface area contributed by atoms with E-state index in [1.165, 1.54) is 0 Å². The quantitative estimate of drug-likeness (QED) is 0.629. The lowest BCUT2D eigenvalue weighted by Crippen LogP contribution is -2.38. The zero-order chi connectivity index (χ0) is 21.5. The van der Waals surface area contributed by atoms with E-state index in [0.29, 0.717) is 12.0 Å². The first-order valence-corrected chi connectivity index (χ1v) is 12.9. The number of nitrogens with one attached hydrogen (secondary N) is 1. The standard InChI is InChI=1S/C24H28N2O3S2/c27-23(26-11-14-30-15-12-26)16-18-7-9-19(10-8-18)25-24(28)21-5-1-2-6-22(21)31-17-20-4-3-13-29-20/h1-2,5-10,20H,3-4,11-17H2,(H,25,28). The summed E-state index contributed by atoms with van der Waals surface area (Å²) in [6.45, 7) is 2.51. The molecule has 2 aromatic rings. The van der Waals surface area contributed by atoms with Crippen LogP contribution in [0.1, 0.15) is 28.8 Å². The van der Waals surface area contributed by atoms with Gasteiger partial charge in [-0.25, -0.2) is 0 Å². The van der Waals surface area contributed by atoms with Crippen LogP contribution in [-0.2, 0) is 16.0 Å². The first-order valence-electron chi connectivity index (χ1n) is 10.8. The predicted molar refractivity (Wildman–Crippen MR) is 128 cm³/mol. The van der Waals surface area contributed by atoms with Crippen LogP contribution in [0.25, 0.3) is 0 Å². The SMILES string of the molecule is O=C(Nc1ccc(CC(=O)N2CCSCC2)cc1)c1ccccc1SCC1CCCO1. The maximum atomic E-state index is 12.9. The molecule has 2 heterocycles. The Morgan fingerprint density at radius 2 is 1.87 bits per heavy atom. The van der Waals surface area contributed by atoms with Gasteiger partial charge in [0.2, 0.25) is 5.91 Å². The number of anilines is 1. The molecular weight excluding hydrogens is 428 g/mol. The molecular formula is C24H28N2O3S2. The third-order valence-electron chi connectivity index (χ3n) is 5.51. The molecule has 0 spiro atoms. The average molecular weight is 457 g/mol. The van der Waals surface area contributed by atoms with E-state index in [9.17, 15) is 9.59 Å². The van der Waals surface area contributed by atoms with Gasteiger partial charge in [0.25, 0.3) is 5.91 Å². The number of carbonyl (C=O) groups is 2. The molecule has 0 aliphatic carbocycles. The molecule has 0 radical (unpaired) electrons. The summed E-state index contributed by atoms with van der Waals surface area (Å²) in [6, 6.07) is 15.3. The Balaban J connectivity index is 1.33. The fourth-order valence-electron chi connectivity index (χ4n) is 3.74. The van der Waals surface area contributed by atoms with Gasteiger partial charge in [-0.15, -0.1) is 11.8 Å². The molecule has 5 nitrogen and oxygen atoms in total. The van der Waals surface area contributed by atoms with Crippen molar-refractivity contribution in [2.45, 2.75) is 30.3 Å². The molecule has 2 aromatic carbocycles. The van der Waals surface area contributed by atoms with Crippen molar-refractivity contribution in [3.8, 4) is 0 Å². The van der Waals surface area contributed by atoms with Gasteiger partial charge in [-0.05, 0) is 42.7 Å². The summed E-state index contributed by atoms with van der Waals surface area (Å²) in [5.74, 6) is 2.95. The predicted octanol–water partition coefficient (Wildman–Crippen LogP) is 4.33. The summed E-state index contributed by atoms with van der Waals surface area (Å²) in [7, 11) is 0. The highest BCUT2D eigenvalue weighted by Gasteiger charge is 2.19. The van der Waals surface area contributed by atoms with E-state index in [4.69, 9.17) is 4.74 Å². The van der Waals surface area contributed by atoms with E-state index >= 15 is 0 Å². The fraction of sp³-hybridized carbons (Fsp3) is 0.417. The Morgan fingerprint density at radius 3 is 2.61 bits per heavy atom. The number of hydrogen-bond donors (Lipinski definition) is 1. The minimum absolute atomic E-state index is 0.120. The highest BCUT2D eigenvalue weighted by Crippen LogP contribution is 2.27. The molecule has 2 aliphatic heterocycles. The molecule has 1 atom stereocenters. The Morgan fingerprint density at radius 1 is 1.10 bits per heavy atom. The highest BCUT2D eigenvalue weighted by atomic mass is 32.2. The Labute approximate surface area is 192 Å². The molecule has 2 amide bonds. The molecule has 0 bridgehead atoms. The molecule has 2 aliphatic rings. The number of amides is 2. The minimum Gasteiger partial charge on any atom is -0.377 e. The number of hydrogen-bond acceptors (Lipinski definition) is 5. The van der Waals surface area contributed by atoms with Crippen LogP contribution in [0, 0.1) is 0 Å². The second-order valence-corrected chi connectivity index (χ2v) is 10.0. The van der Waals surface area contributed by atoms with Crippen LogP contribution in [0.3, 0.4) is 0 Å². The van der Waals surface area contributed by atoms with E-state index in [0.717, 1.165) is 65.9 Å². The van der Waals surface area contributed by atoms with E-state index in [1.807, 2.05) is 65.2 Å². The van der Waals surface area contributed by atoms with Gasteiger partial charge in [-0.3, -0.25) is 9.59 Å². The molecule has 2 fully saturated rings. The minimum atomic E-state index is -0.120. The molecule has 164 valence electrons. The fourth-order valence-corrected chi connectivity index (χ4v) is 5.76. The van der Waals surface area contributed by atoms with Gasteiger partial charge in [0.15, 0.2) is 0 Å². The molecule has 1 N–H and O–H groups in total. The smallest absolute Gasteiger partial charge is 0.256 e. The van der Waals surface area contributed by atoms with Crippen LogP contribution >= 0.6 is 23.5 Å². The van der Waals surface area contributed by atoms with Gasteiger partial charge in [0, 0.05) is 47.5 Å². The normalized spacial score (nSPS) is 18.7. The molecule has 0 aromatic heterocycles. The van der Waals surface area contributed by atoms with Crippen molar-refractivity contribution in [2.75, 3.05) is 42.3 Å². The van der Waals surface area contributed by atoms with Crippen LogP contribution in [0.2, 0.25) is 0 Å². The second-order valence-electron chi connectivity index (χ2n) is 7.76. The summed E-state index contributed by atoms with van der Waals surface area (Å²) in [6.07, 6.45) is 2.89. The zero-order valence-electron chi connectivity index (χ0n) is 17.5. The van der Waals surface area contributed by atoms with Crippen LogP contribution in [0.5, 0.6) is 0 Å². The van der Waals surface area contributed by atoms with Gasteiger partial charge in [0.05, 0.1) is 18.1 Å². The maximum absolute atomic E-state index is 12.9. The van der Waals surface area contributed by atoms with Crippen molar-refractivity contribution < 1.29 is 14.3 Å². The number of thioether (sulfide) groups is 2. The Bertz CT molecular complexity index is 892. The maximum Gasteiger partial charge on any atom is 0.256 e. The first-order chi connectivity index (χ1) is 15.2. The first kappa shape index (κ1) is 22.2. The number of carbonyl (C=O) groups excluding carboxylic acids is 2. The molecule has 1 unspecified atom stereocenters. The second kappa shape index (κ2) is 11.1. The van der Waals surface area contributed by atoms with Gasteiger partial charge < -0.3 is 15.0 Å². The highest BCUT2D eigenvalue weighted by molar-refractivity contribution is 7.99. The van der Waals surface area contributed by atoms with Crippen LogP contribution < -0.4 is 5.32 Å². The van der Waals surface area contributed by atoms with Crippen LogP contribution in [-0.4, -0.2) is 59.8 Å². The largest absolute Gasteiger partial charge is 0.377 e. The van der Waals surface area contributed by atoms with Gasteiger partial charge >= 0.3 is 0 Å². The third kappa shape index (κ3) is 6.28. The summed E-state index contributed by atoms with van der Waals surface area (Å²) in [5.41, 5.74) is 2.37. The van der Waals surface area contributed by atoms with Crippen molar-refractivity contribution in [3.63, 3.8) is 0 Å². The number of ether oxygens (including phenoxy) is 1. The lowest BCUT2D eigenvalue weighted by atomic mass is 10.1. The van der Waals surface area contributed by atoms with Gasteiger partial charge in [-0.2, -0.15) is 11.8 Å². The number of rotatable bonds is 7. The van der Waals surface area contributed by atoms with Crippen molar-refractivity contribution in [1.29, 1.82) is 0 Å². The lowest BCUT2D eigenvalue weighted by Gasteiger charge is -2.26. The van der Waals surface area contributed by atoms with Crippen molar-refractivity contribution in [2.24, 2.45) is 0 Å². The average Bonchev–Trinajstić information content (AvgIpc) is 3.33. The Kier molecular flexibility index (Phi) is 7.94. The lowest BCUT2D eigenvalue weighted by molar-refractivity contribution is -0.130. The zero-order valence-corrected chi connectivity index (χ0v) is 19.2. The monoisotopic (exact) mass is 456 g/mol. The van der Waals surface area contributed by atoms with Crippen molar-refractivity contribution >= 4 is 41.0 Å². The van der Waals surface area contributed by atoms with Crippen molar-refractivity contribution in [1.82, 2.24) is 4.90 Å². The molecule has 7 heteroatoms. The molecule has 31 heavy (non-hydrogen) atoms. The van der Waals surface area contributed by atoms with Gasteiger partial charge in [-0.1, -0.05) is 24.3 Å². The van der Waals surface area contributed by atoms with Crippen LogP contribution in [0.4, 0.5) is 5.69 Å². The Hall–Kier alpha value is -1.96. The van der Waals surface area contributed by atoms with Crippen molar-refractivity contribution in [3.05, 3.63) is 59.7 Å². The number of nitrogens with zero attached hydrogens (tertiary/aromatic N) is 1. The topological polar surface area (TPSA) is 58.6 Å². The number of benzene rings is 2. The summed E-state index contributed by atoms with van der Waals surface area (Å²) < 4.78 is 5.70.